The SMILES string of the molecule is COc1ccc(C2=Nc3ccccc3C(C3CC3)=NN2)cc1. The van der Waals surface area contributed by atoms with Crippen molar-refractivity contribution in [2.75, 3.05) is 7.11 Å². The van der Waals surface area contributed by atoms with Gasteiger partial charge in [0.1, 0.15) is 5.75 Å². The molecule has 1 N–H and O–H groups in total. The number of hydrogen-bond acceptors (Lipinski definition) is 4. The first kappa shape index (κ1) is 13.1. The van der Waals surface area contributed by atoms with Crippen LogP contribution in [-0.4, -0.2) is 18.7 Å². The van der Waals surface area contributed by atoms with Crippen LogP contribution < -0.4 is 10.2 Å². The maximum Gasteiger partial charge on any atom is 0.154 e. The van der Waals surface area contributed by atoms with E-state index in [9.17, 15) is 0 Å². The molecule has 2 aliphatic rings. The minimum atomic E-state index is 0.569. The summed E-state index contributed by atoms with van der Waals surface area (Å²) in [5, 5.41) is 4.63. The number of rotatable bonds is 3. The molecule has 0 spiro atoms. The third-order valence-corrected chi connectivity index (χ3v) is 4.02. The predicted octanol–water partition coefficient (Wildman–Crippen LogP) is 3.49. The third-order valence-electron chi connectivity index (χ3n) is 4.02. The summed E-state index contributed by atoms with van der Waals surface area (Å²) in [6, 6.07) is 16.1. The molecular formula is C18H17N3O. The number of ether oxygens (including phenoxy) is 1. The van der Waals surface area contributed by atoms with E-state index < -0.39 is 0 Å². The van der Waals surface area contributed by atoms with Crippen LogP contribution in [0.25, 0.3) is 0 Å². The zero-order valence-corrected chi connectivity index (χ0v) is 12.4. The van der Waals surface area contributed by atoms with Crippen LogP contribution >= 0.6 is 0 Å². The monoisotopic (exact) mass is 291 g/mol. The minimum absolute atomic E-state index is 0.569. The van der Waals surface area contributed by atoms with Gasteiger partial charge in [-0.2, -0.15) is 5.10 Å². The van der Waals surface area contributed by atoms with Crippen LogP contribution in [0.1, 0.15) is 24.0 Å². The second kappa shape index (κ2) is 5.30. The topological polar surface area (TPSA) is 46.0 Å². The number of methoxy groups -OCH3 is 1. The summed E-state index contributed by atoms with van der Waals surface area (Å²) in [6.45, 7) is 0. The Balaban J connectivity index is 1.76. The molecular weight excluding hydrogens is 274 g/mol. The van der Waals surface area contributed by atoms with E-state index in [0.29, 0.717) is 5.92 Å². The summed E-state index contributed by atoms with van der Waals surface area (Å²) < 4.78 is 5.21. The number of aliphatic imine (C=N–C) groups is 1. The lowest BCUT2D eigenvalue weighted by Gasteiger charge is -2.06. The highest BCUT2D eigenvalue weighted by molar-refractivity contribution is 6.11. The van der Waals surface area contributed by atoms with E-state index >= 15 is 0 Å². The number of nitrogens with zero attached hydrogens (tertiary/aromatic N) is 2. The molecule has 1 saturated carbocycles. The molecule has 110 valence electrons. The summed E-state index contributed by atoms with van der Waals surface area (Å²) in [7, 11) is 1.67. The first-order valence-electron chi connectivity index (χ1n) is 7.51. The molecule has 1 fully saturated rings. The van der Waals surface area contributed by atoms with Crippen LogP contribution in [0, 0.1) is 5.92 Å². The molecule has 22 heavy (non-hydrogen) atoms. The molecule has 0 atom stereocenters. The molecule has 2 aromatic rings. The van der Waals surface area contributed by atoms with Crippen molar-refractivity contribution in [3.05, 3.63) is 59.7 Å². The Kier molecular flexibility index (Phi) is 3.15. The molecule has 0 radical (unpaired) electrons. The van der Waals surface area contributed by atoms with Crippen LogP contribution in [0.3, 0.4) is 0 Å². The molecule has 0 bridgehead atoms. The summed E-state index contributed by atoms with van der Waals surface area (Å²) in [5.41, 5.74) is 7.39. The van der Waals surface area contributed by atoms with Crippen LogP contribution in [-0.2, 0) is 0 Å². The lowest BCUT2D eigenvalue weighted by Crippen LogP contribution is -2.19. The molecule has 2 aromatic carbocycles. The summed E-state index contributed by atoms with van der Waals surface area (Å²) in [6.07, 6.45) is 2.43. The molecule has 1 heterocycles. The van der Waals surface area contributed by atoms with Gasteiger partial charge in [-0.25, -0.2) is 4.99 Å². The Morgan fingerprint density at radius 3 is 2.55 bits per heavy atom. The smallest absolute Gasteiger partial charge is 0.154 e. The normalized spacial score (nSPS) is 16.8. The van der Waals surface area contributed by atoms with Gasteiger partial charge in [0, 0.05) is 17.0 Å². The number of hydrogen-bond donors (Lipinski definition) is 1. The highest BCUT2D eigenvalue weighted by Gasteiger charge is 2.31. The van der Waals surface area contributed by atoms with Crippen molar-refractivity contribution in [3.63, 3.8) is 0 Å². The van der Waals surface area contributed by atoms with Gasteiger partial charge in [0.15, 0.2) is 5.84 Å². The Morgan fingerprint density at radius 1 is 1.05 bits per heavy atom. The maximum absolute atomic E-state index is 5.21. The minimum Gasteiger partial charge on any atom is -0.497 e. The van der Waals surface area contributed by atoms with Gasteiger partial charge in [-0.1, -0.05) is 18.2 Å². The second-order valence-corrected chi connectivity index (χ2v) is 5.59. The predicted molar refractivity (Wildman–Crippen MR) is 88.0 cm³/mol. The highest BCUT2D eigenvalue weighted by atomic mass is 16.5. The maximum atomic E-state index is 5.21. The molecule has 4 nitrogen and oxygen atoms in total. The fourth-order valence-electron chi connectivity index (χ4n) is 2.65. The van der Waals surface area contributed by atoms with Crippen LogP contribution in [0.5, 0.6) is 5.75 Å². The lowest BCUT2D eigenvalue weighted by molar-refractivity contribution is 0.415. The molecule has 1 aliphatic heterocycles. The quantitative estimate of drug-likeness (QED) is 0.941. The van der Waals surface area contributed by atoms with Crippen molar-refractivity contribution >= 4 is 17.2 Å². The molecule has 0 unspecified atom stereocenters. The average Bonchev–Trinajstić information content (AvgIpc) is 3.40. The van der Waals surface area contributed by atoms with E-state index in [0.717, 1.165) is 34.1 Å². The van der Waals surface area contributed by atoms with E-state index in [1.165, 1.54) is 12.8 Å². The van der Waals surface area contributed by atoms with Crippen LogP contribution in [0.4, 0.5) is 5.69 Å². The molecule has 4 heteroatoms. The molecule has 4 rings (SSSR count). The van der Waals surface area contributed by atoms with Crippen molar-refractivity contribution in [1.29, 1.82) is 0 Å². The van der Waals surface area contributed by atoms with Gasteiger partial charge < -0.3 is 4.74 Å². The molecule has 0 amide bonds. The van der Waals surface area contributed by atoms with Gasteiger partial charge >= 0.3 is 0 Å². The first-order valence-corrected chi connectivity index (χ1v) is 7.51. The third kappa shape index (κ3) is 2.37. The average molecular weight is 291 g/mol. The molecule has 0 saturated heterocycles. The van der Waals surface area contributed by atoms with E-state index in [4.69, 9.17) is 9.73 Å². The van der Waals surface area contributed by atoms with Crippen molar-refractivity contribution in [2.24, 2.45) is 16.0 Å². The van der Waals surface area contributed by atoms with Crippen molar-refractivity contribution in [3.8, 4) is 5.75 Å². The van der Waals surface area contributed by atoms with Crippen molar-refractivity contribution in [2.45, 2.75) is 12.8 Å². The number of benzene rings is 2. The summed E-state index contributed by atoms with van der Waals surface area (Å²) in [4.78, 5) is 4.78. The first-order chi connectivity index (χ1) is 10.8. The Labute approximate surface area is 129 Å². The van der Waals surface area contributed by atoms with E-state index in [2.05, 4.69) is 16.6 Å². The Hall–Kier alpha value is -2.62. The fourth-order valence-corrected chi connectivity index (χ4v) is 2.65. The zero-order valence-electron chi connectivity index (χ0n) is 12.4. The van der Waals surface area contributed by atoms with Crippen molar-refractivity contribution < 1.29 is 4.74 Å². The van der Waals surface area contributed by atoms with Gasteiger partial charge in [-0.05, 0) is 43.2 Å². The van der Waals surface area contributed by atoms with Gasteiger partial charge in [0.2, 0.25) is 0 Å². The van der Waals surface area contributed by atoms with Crippen LogP contribution in [0.2, 0.25) is 0 Å². The summed E-state index contributed by atoms with van der Waals surface area (Å²) in [5.74, 6) is 2.17. The Morgan fingerprint density at radius 2 is 1.82 bits per heavy atom. The van der Waals surface area contributed by atoms with E-state index in [-0.39, 0.29) is 0 Å². The highest BCUT2D eigenvalue weighted by Crippen LogP contribution is 2.36. The number of fused-ring (bicyclic) bond motifs is 1. The zero-order chi connectivity index (χ0) is 14.9. The van der Waals surface area contributed by atoms with Gasteiger partial charge in [-0.15, -0.1) is 0 Å². The van der Waals surface area contributed by atoms with Gasteiger partial charge in [-0.3, -0.25) is 5.43 Å². The van der Waals surface area contributed by atoms with E-state index in [1.807, 2.05) is 42.5 Å². The largest absolute Gasteiger partial charge is 0.497 e. The van der Waals surface area contributed by atoms with Gasteiger partial charge in [0.25, 0.3) is 0 Å². The van der Waals surface area contributed by atoms with E-state index in [1.54, 1.807) is 7.11 Å². The molecule has 1 aliphatic carbocycles. The number of hydrazone groups is 1. The Bertz CT molecular complexity index is 758. The second-order valence-electron chi connectivity index (χ2n) is 5.59. The number of nitrogens with one attached hydrogen (secondary N) is 1. The van der Waals surface area contributed by atoms with Gasteiger partial charge in [0.05, 0.1) is 18.5 Å². The van der Waals surface area contributed by atoms with Crippen LogP contribution in [0.15, 0.2) is 58.6 Å². The summed E-state index contributed by atoms with van der Waals surface area (Å²) >= 11 is 0. The van der Waals surface area contributed by atoms with Crippen molar-refractivity contribution in [1.82, 2.24) is 5.43 Å². The molecule has 0 aromatic heterocycles. The standard InChI is InChI=1S/C18H17N3O/c1-22-14-10-8-13(9-11-14)18-19-16-5-3-2-4-15(16)17(20-21-18)12-6-7-12/h2-5,8-12H,6-7H2,1H3,(H,19,21). The number of para-hydroxylation sites is 1. The number of amidine groups is 1. The lowest BCUT2D eigenvalue weighted by atomic mass is 10.0. The fraction of sp³-hybridized carbons (Fsp3) is 0.222.